The molecule has 3 rings (SSSR count). The van der Waals surface area contributed by atoms with Gasteiger partial charge in [0.2, 0.25) is 5.82 Å². The van der Waals surface area contributed by atoms with Gasteiger partial charge in [0.25, 0.3) is 0 Å². The van der Waals surface area contributed by atoms with E-state index in [2.05, 4.69) is 15.2 Å². The van der Waals surface area contributed by atoms with Crippen LogP contribution in [0.2, 0.25) is 0 Å². The van der Waals surface area contributed by atoms with Crippen LogP contribution in [0.1, 0.15) is 0 Å². The first kappa shape index (κ1) is 8.84. The van der Waals surface area contributed by atoms with Gasteiger partial charge in [-0.15, -0.1) is 5.10 Å². The minimum absolute atomic E-state index is 0.443. The molecule has 0 aromatic carbocycles. The number of rotatable bonds is 2. The molecule has 0 aliphatic carbocycles. The summed E-state index contributed by atoms with van der Waals surface area (Å²) < 4.78 is 10.4. The minimum Gasteiger partial charge on any atom is -0.463 e. The molecule has 0 radical (unpaired) electrons. The van der Waals surface area contributed by atoms with E-state index in [4.69, 9.17) is 8.83 Å². The van der Waals surface area contributed by atoms with Crippen LogP contribution in [0.25, 0.3) is 23.0 Å². The van der Waals surface area contributed by atoms with E-state index in [9.17, 15) is 0 Å². The molecule has 0 spiro atoms. The zero-order valence-corrected chi connectivity index (χ0v) is 8.20. The lowest BCUT2D eigenvalue weighted by atomic mass is 10.3. The van der Waals surface area contributed by atoms with E-state index >= 15 is 0 Å². The van der Waals surface area contributed by atoms with Crippen LogP contribution in [0, 0.1) is 0 Å². The molecule has 0 N–H and O–H groups in total. The maximum atomic E-state index is 5.23. The largest absolute Gasteiger partial charge is 0.463 e. The fraction of sp³-hybridized carbons (Fsp3) is 0. The Labute approximate surface area is 90.8 Å². The number of aromatic nitrogens is 3. The van der Waals surface area contributed by atoms with Crippen molar-refractivity contribution in [3.63, 3.8) is 0 Å². The minimum atomic E-state index is 0.443. The van der Waals surface area contributed by atoms with Gasteiger partial charge in [-0.25, -0.2) is 4.98 Å². The second-order valence-corrected chi connectivity index (χ2v) is 3.12. The summed E-state index contributed by atoms with van der Waals surface area (Å²) >= 11 is 0. The Hall–Kier alpha value is -2.43. The Morgan fingerprint density at radius 2 is 1.69 bits per heavy atom. The van der Waals surface area contributed by atoms with Gasteiger partial charge in [0, 0.05) is 0 Å². The molecule has 0 aliphatic heterocycles. The van der Waals surface area contributed by atoms with Crippen LogP contribution < -0.4 is 0 Å². The highest BCUT2D eigenvalue weighted by Crippen LogP contribution is 2.20. The van der Waals surface area contributed by atoms with Crippen molar-refractivity contribution in [3.05, 3.63) is 43.0 Å². The van der Waals surface area contributed by atoms with Crippen LogP contribution in [0.5, 0.6) is 0 Å². The van der Waals surface area contributed by atoms with Crippen LogP contribution in [0.3, 0.4) is 0 Å². The first-order valence-corrected chi connectivity index (χ1v) is 4.71. The lowest BCUT2D eigenvalue weighted by Gasteiger charge is -1.97. The maximum Gasteiger partial charge on any atom is 0.218 e. The topological polar surface area (TPSA) is 65.0 Å². The highest BCUT2D eigenvalue weighted by atomic mass is 16.3. The predicted octanol–water partition coefficient (Wildman–Crippen LogP) is 2.39. The van der Waals surface area contributed by atoms with Crippen LogP contribution in [0.4, 0.5) is 0 Å². The molecule has 0 aliphatic rings. The molecule has 3 aromatic heterocycles. The summed E-state index contributed by atoms with van der Waals surface area (Å²) in [6.45, 7) is 0. The van der Waals surface area contributed by atoms with Gasteiger partial charge in [0.15, 0.2) is 11.5 Å². The van der Waals surface area contributed by atoms with E-state index in [0.717, 1.165) is 0 Å². The van der Waals surface area contributed by atoms with E-state index < -0.39 is 0 Å². The molecule has 0 atom stereocenters. The first-order chi connectivity index (χ1) is 7.93. The van der Waals surface area contributed by atoms with Gasteiger partial charge in [-0.2, -0.15) is 5.10 Å². The average molecular weight is 213 g/mol. The molecule has 5 heteroatoms. The van der Waals surface area contributed by atoms with Crippen molar-refractivity contribution in [1.82, 2.24) is 15.2 Å². The summed E-state index contributed by atoms with van der Waals surface area (Å²) in [7, 11) is 0. The van der Waals surface area contributed by atoms with E-state index in [0.29, 0.717) is 23.0 Å². The Bertz CT molecular complexity index is 524. The molecule has 0 unspecified atom stereocenters. The van der Waals surface area contributed by atoms with Gasteiger partial charge in [-0.05, 0) is 24.3 Å². The van der Waals surface area contributed by atoms with Crippen LogP contribution in [0.15, 0.2) is 51.8 Å². The van der Waals surface area contributed by atoms with Gasteiger partial charge in [0.05, 0.1) is 18.7 Å². The van der Waals surface area contributed by atoms with E-state index in [1.54, 1.807) is 36.9 Å². The Balaban J connectivity index is 2.07. The zero-order valence-electron chi connectivity index (χ0n) is 8.20. The number of nitrogens with zero attached hydrogens (tertiary/aromatic N) is 3. The summed E-state index contributed by atoms with van der Waals surface area (Å²) in [6, 6.07) is 7.17. The van der Waals surface area contributed by atoms with Crippen molar-refractivity contribution in [2.24, 2.45) is 0 Å². The van der Waals surface area contributed by atoms with Crippen LogP contribution >= 0.6 is 0 Å². The molecule has 3 aromatic rings. The third-order valence-corrected chi connectivity index (χ3v) is 2.07. The first-order valence-electron chi connectivity index (χ1n) is 4.71. The fourth-order valence-corrected chi connectivity index (χ4v) is 1.36. The van der Waals surface area contributed by atoms with Gasteiger partial charge in [-0.3, -0.25) is 0 Å². The summed E-state index contributed by atoms with van der Waals surface area (Å²) in [4.78, 5) is 4.30. The van der Waals surface area contributed by atoms with Gasteiger partial charge in [-0.1, -0.05) is 0 Å². The van der Waals surface area contributed by atoms with E-state index in [1.165, 1.54) is 0 Å². The van der Waals surface area contributed by atoms with Gasteiger partial charge in [0.1, 0.15) is 5.69 Å². The molecule has 5 nitrogen and oxygen atoms in total. The van der Waals surface area contributed by atoms with Crippen molar-refractivity contribution in [2.45, 2.75) is 0 Å². The molecule has 0 fully saturated rings. The van der Waals surface area contributed by atoms with Gasteiger partial charge >= 0.3 is 0 Å². The SMILES string of the molecule is c1coc(-c2cnnc(-c3ccco3)n2)c1. The Morgan fingerprint density at radius 1 is 0.938 bits per heavy atom. The number of hydrogen-bond donors (Lipinski definition) is 0. The van der Waals surface area contributed by atoms with Crippen LogP contribution in [-0.4, -0.2) is 15.2 Å². The lowest BCUT2D eigenvalue weighted by molar-refractivity contribution is 0.571. The normalized spacial score (nSPS) is 10.5. The van der Waals surface area contributed by atoms with E-state index in [1.807, 2.05) is 6.07 Å². The monoisotopic (exact) mass is 213 g/mol. The highest BCUT2D eigenvalue weighted by Gasteiger charge is 2.08. The molecule has 0 bridgehead atoms. The summed E-state index contributed by atoms with van der Waals surface area (Å²) in [5, 5.41) is 7.76. The third kappa shape index (κ3) is 1.48. The van der Waals surface area contributed by atoms with Crippen LogP contribution in [-0.2, 0) is 0 Å². The average Bonchev–Trinajstić information content (AvgIpc) is 3.03. The van der Waals surface area contributed by atoms with Gasteiger partial charge < -0.3 is 8.83 Å². The molecular weight excluding hydrogens is 206 g/mol. The summed E-state index contributed by atoms with van der Waals surface area (Å²) in [6.07, 6.45) is 4.70. The Kier molecular flexibility index (Phi) is 2.00. The standard InChI is InChI=1S/C11H7N3O2/c1-3-9(15-5-1)8-7-12-14-11(13-8)10-4-2-6-16-10/h1-7H. The quantitative estimate of drug-likeness (QED) is 0.653. The predicted molar refractivity (Wildman–Crippen MR) is 55.2 cm³/mol. The second kappa shape index (κ2) is 3.62. The Morgan fingerprint density at radius 3 is 2.38 bits per heavy atom. The lowest BCUT2D eigenvalue weighted by Crippen LogP contribution is -1.92. The zero-order chi connectivity index (χ0) is 10.8. The molecule has 3 heterocycles. The molecule has 0 saturated carbocycles. The van der Waals surface area contributed by atoms with Crippen molar-refractivity contribution in [2.75, 3.05) is 0 Å². The van der Waals surface area contributed by atoms with Crippen molar-refractivity contribution in [1.29, 1.82) is 0 Å². The molecule has 78 valence electrons. The number of hydrogen-bond acceptors (Lipinski definition) is 5. The fourth-order valence-electron chi connectivity index (χ4n) is 1.36. The molecule has 0 amide bonds. The third-order valence-electron chi connectivity index (χ3n) is 2.07. The molecular formula is C11H7N3O2. The van der Waals surface area contributed by atoms with Crippen molar-refractivity contribution < 1.29 is 8.83 Å². The van der Waals surface area contributed by atoms with Crippen molar-refractivity contribution in [3.8, 4) is 23.0 Å². The summed E-state index contributed by atoms with van der Waals surface area (Å²) in [5.41, 5.74) is 0.631. The van der Waals surface area contributed by atoms with E-state index in [-0.39, 0.29) is 0 Å². The second-order valence-electron chi connectivity index (χ2n) is 3.12. The maximum absolute atomic E-state index is 5.23. The highest BCUT2D eigenvalue weighted by molar-refractivity contribution is 5.54. The molecule has 0 saturated heterocycles. The smallest absolute Gasteiger partial charge is 0.218 e. The summed E-state index contributed by atoms with van der Waals surface area (Å²) in [5.74, 6) is 1.68. The number of furan rings is 2. The van der Waals surface area contributed by atoms with Crippen molar-refractivity contribution >= 4 is 0 Å². The molecule has 16 heavy (non-hydrogen) atoms.